The molecular weight excluding hydrogens is 432 g/mol. The van der Waals surface area contributed by atoms with E-state index in [2.05, 4.69) is 4.99 Å². The number of carbonyl (C=O) groups excluding carboxylic acids is 1. The third-order valence-electron chi connectivity index (χ3n) is 5.09. The van der Waals surface area contributed by atoms with E-state index < -0.39 is 12.0 Å². The monoisotopic (exact) mass is 452 g/mol. The lowest BCUT2D eigenvalue weighted by molar-refractivity contribution is -0.139. The number of benzene rings is 2. The SMILES string of the molecule is CCOC(=O)C1=C(C)N=c2s/c(=C\c3ccc(C)cc3)c(=O)n2C1c1ccccc1Cl. The van der Waals surface area contributed by atoms with E-state index in [1.807, 2.05) is 55.5 Å². The number of rotatable bonds is 4. The van der Waals surface area contributed by atoms with Crippen LogP contribution in [0.15, 0.2) is 69.6 Å². The van der Waals surface area contributed by atoms with E-state index in [4.69, 9.17) is 16.3 Å². The van der Waals surface area contributed by atoms with Gasteiger partial charge in [-0.2, -0.15) is 0 Å². The van der Waals surface area contributed by atoms with Crippen LogP contribution < -0.4 is 14.9 Å². The highest BCUT2D eigenvalue weighted by Gasteiger charge is 2.34. The maximum Gasteiger partial charge on any atom is 0.338 e. The molecule has 1 atom stereocenters. The predicted molar refractivity (Wildman–Crippen MR) is 123 cm³/mol. The highest BCUT2D eigenvalue weighted by molar-refractivity contribution is 7.07. The Labute approximate surface area is 188 Å². The van der Waals surface area contributed by atoms with Gasteiger partial charge in [0.1, 0.15) is 6.04 Å². The molecule has 7 heteroatoms. The van der Waals surface area contributed by atoms with Crippen LogP contribution in [0.3, 0.4) is 0 Å². The molecular formula is C24H21ClN2O3S. The Morgan fingerprint density at radius 2 is 1.90 bits per heavy atom. The Morgan fingerprint density at radius 3 is 2.58 bits per heavy atom. The minimum Gasteiger partial charge on any atom is -0.463 e. The van der Waals surface area contributed by atoms with Crippen LogP contribution in [0.4, 0.5) is 0 Å². The second-order valence-corrected chi connectivity index (χ2v) is 8.65. The number of aromatic nitrogens is 1. The van der Waals surface area contributed by atoms with Gasteiger partial charge in [-0.1, -0.05) is 71.0 Å². The zero-order chi connectivity index (χ0) is 22.1. The molecule has 1 aromatic heterocycles. The van der Waals surface area contributed by atoms with Crippen LogP contribution >= 0.6 is 22.9 Å². The van der Waals surface area contributed by atoms with E-state index in [1.54, 1.807) is 24.5 Å². The Bertz CT molecular complexity index is 1370. The Kier molecular flexibility index (Phi) is 5.94. The zero-order valence-electron chi connectivity index (χ0n) is 17.4. The molecule has 158 valence electrons. The van der Waals surface area contributed by atoms with Gasteiger partial charge >= 0.3 is 5.97 Å². The summed E-state index contributed by atoms with van der Waals surface area (Å²) >= 11 is 7.79. The van der Waals surface area contributed by atoms with Crippen LogP contribution in [0.2, 0.25) is 5.02 Å². The Balaban J connectivity index is 1.97. The molecule has 5 nitrogen and oxygen atoms in total. The fourth-order valence-corrected chi connectivity index (χ4v) is 4.88. The van der Waals surface area contributed by atoms with E-state index in [0.717, 1.165) is 11.1 Å². The van der Waals surface area contributed by atoms with E-state index in [-0.39, 0.29) is 12.2 Å². The quantitative estimate of drug-likeness (QED) is 0.566. The molecule has 2 heterocycles. The summed E-state index contributed by atoms with van der Waals surface area (Å²) in [5.74, 6) is -0.499. The molecule has 0 saturated carbocycles. The molecule has 0 N–H and O–H groups in total. The van der Waals surface area contributed by atoms with E-state index in [0.29, 0.717) is 31.2 Å². The topological polar surface area (TPSA) is 60.7 Å². The van der Waals surface area contributed by atoms with Crippen molar-refractivity contribution < 1.29 is 9.53 Å². The van der Waals surface area contributed by atoms with E-state index in [9.17, 15) is 9.59 Å². The third kappa shape index (κ3) is 4.01. The molecule has 1 unspecified atom stereocenters. The number of hydrogen-bond donors (Lipinski definition) is 0. The number of nitrogens with zero attached hydrogens (tertiary/aromatic N) is 2. The highest BCUT2D eigenvalue weighted by Crippen LogP contribution is 2.34. The average molecular weight is 453 g/mol. The van der Waals surface area contributed by atoms with Crippen LogP contribution in [0.1, 0.15) is 36.6 Å². The van der Waals surface area contributed by atoms with Gasteiger partial charge in [-0.05, 0) is 44.0 Å². The Morgan fingerprint density at radius 1 is 1.19 bits per heavy atom. The predicted octanol–water partition coefficient (Wildman–Crippen LogP) is 3.76. The summed E-state index contributed by atoms with van der Waals surface area (Å²) in [6.45, 7) is 5.74. The van der Waals surface area contributed by atoms with Gasteiger partial charge in [-0.15, -0.1) is 0 Å². The molecule has 0 saturated heterocycles. The number of aryl methyl sites for hydroxylation is 1. The molecule has 4 rings (SSSR count). The number of fused-ring (bicyclic) bond motifs is 1. The standard InChI is InChI=1S/C24H21ClN2O3S/c1-4-30-23(29)20-15(3)26-24-27(21(20)17-7-5-6-8-18(17)25)22(28)19(31-24)13-16-11-9-14(2)10-12-16/h5-13,21H,4H2,1-3H3/b19-13-. The molecule has 0 aliphatic carbocycles. The minimum absolute atomic E-state index is 0.219. The first kappa shape index (κ1) is 21.3. The molecule has 3 aromatic rings. The summed E-state index contributed by atoms with van der Waals surface area (Å²) in [5, 5.41) is 0.470. The summed E-state index contributed by atoms with van der Waals surface area (Å²) in [5.41, 5.74) is 3.35. The number of esters is 1. The normalized spacial score (nSPS) is 16.1. The van der Waals surface area contributed by atoms with E-state index in [1.165, 1.54) is 11.3 Å². The van der Waals surface area contributed by atoms with Crippen LogP contribution in [0, 0.1) is 6.92 Å². The van der Waals surface area contributed by atoms with Gasteiger partial charge in [0, 0.05) is 5.02 Å². The number of allylic oxidation sites excluding steroid dienone is 1. The van der Waals surface area contributed by atoms with Crippen molar-refractivity contribution in [1.29, 1.82) is 0 Å². The summed E-state index contributed by atoms with van der Waals surface area (Å²) in [6.07, 6.45) is 1.84. The van der Waals surface area contributed by atoms with Crippen LogP contribution in [-0.4, -0.2) is 17.1 Å². The maximum absolute atomic E-state index is 13.5. The van der Waals surface area contributed by atoms with Crippen LogP contribution in [0.25, 0.3) is 6.08 Å². The lowest BCUT2D eigenvalue weighted by Gasteiger charge is -2.25. The lowest BCUT2D eigenvalue weighted by atomic mass is 9.96. The first-order chi connectivity index (χ1) is 14.9. The van der Waals surface area contributed by atoms with Crippen molar-refractivity contribution in [2.45, 2.75) is 26.8 Å². The highest BCUT2D eigenvalue weighted by atomic mass is 35.5. The van der Waals surface area contributed by atoms with Gasteiger partial charge in [0.15, 0.2) is 4.80 Å². The van der Waals surface area contributed by atoms with Crippen molar-refractivity contribution in [3.8, 4) is 0 Å². The van der Waals surface area contributed by atoms with Crippen molar-refractivity contribution in [2.24, 2.45) is 4.99 Å². The van der Waals surface area contributed by atoms with Crippen LogP contribution in [-0.2, 0) is 9.53 Å². The van der Waals surface area contributed by atoms with Gasteiger partial charge in [0.05, 0.1) is 22.4 Å². The molecule has 31 heavy (non-hydrogen) atoms. The van der Waals surface area contributed by atoms with Crippen molar-refractivity contribution >= 4 is 35.0 Å². The average Bonchev–Trinajstić information content (AvgIpc) is 3.04. The first-order valence-corrected chi connectivity index (χ1v) is 11.1. The van der Waals surface area contributed by atoms with Gasteiger partial charge in [-0.25, -0.2) is 9.79 Å². The lowest BCUT2D eigenvalue weighted by Crippen LogP contribution is -2.40. The fraction of sp³-hybridized carbons (Fsp3) is 0.208. The molecule has 0 fully saturated rings. The first-order valence-electron chi connectivity index (χ1n) is 9.91. The number of halogens is 1. The molecule has 0 spiro atoms. The second-order valence-electron chi connectivity index (χ2n) is 7.23. The largest absolute Gasteiger partial charge is 0.463 e. The van der Waals surface area contributed by atoms with E-state index >= 15 is 0 Å². The number of hydrogen-bond acceptors (Lipinski definition) is 5. The molecule has 0 bridgehead atoms. The summed E-state index contributed by atoms with van der Waals surface area (Å²) in [4.78, 5) is 31.4. The molecule has 2 aromatic carbocycles. The number of thiazole rings is 1. The van der Waals surface area contributed by atoms with Gasteiger partial charge in [-0.3, -0.25) is 9.36 Å². The molecule has 0 amide bonds. The smallest absolute Gasteiger partial charge is 0.338 e. The maximum atomic E-state index is 13.5. The number of carbonyl (C=O) groups is 1. The molecule has 0 radical (unpaired) electrons. The fourth-order valence-electron chi connectivity index (χ4n) is 3.60. The molecule has 1 aliphatic rings. The summed E-state index contributed by atoms with van der Waals surface area (Å²) < 4.78 is 7.38. The minimum atomic E-state index is -0.704. The van der Waals surface area contributed by atoms with Gasteiger partial charge in [0.2, 0.25) is 0 Å². The molecule has 1 aliphatic heterocycles. The summed E-state index contributed by atoms with van der Waals surface area (Å²) in [7, 11) is 0. The van der Waals surface area contributed by atoms with Gasteiger partial charge < -0.3 is 4.74 Å². The van der Waals surface area contributed by atoms with Crippen molar-refractivity contribution in [3.63, 3.8) is 0 Å². The van der Waals surface area contributed by atoms with Gasteiger partial charge in [0.25, 0.3) is 5.56 Å². The number of ether oxygens (including phenoxy) is 1. The van der Waals surface area contributed by atoms with Crippen molar-refractivity contribution in [3.05, 3.63) is 101 Å². The van der Waals surface area contributed by atoms with Crippen LogP contribution in [0.5, 0.6) is 0 Å². The summed E-state index contributed by atoms with van der Waals surface area (Å²) in [6, 6.07) is 14.4. The van der Waals surface area contributed by atoms with Crippen molar-refractivity contribution in [2.75, 3.05) is 6.61 Å². The second kappa shape index (κ2) is 8.65. The third-order valence-corrected chi connectivity index (χ3v) is 6.42. The zero-order valence-corrected chi connectivity index (χ0v) is 19.0. The Hall–Kier alpha value is -2.96. The van der Waals surface area contributed by atoms with Crippen molar-refractivity contribution in [1.82, 2.24) is 4.57 Å².